The van der Waals surface area contributed by atoms with Gasteiger partial charge in [-0.05, 0) is 50.8 Å². The molecule has 37 heavy (non-hydrogen) atoms. The van der Waals surface area contributed by atoms with Crippen LogP contribution in [0.4, 0.5) is 13.2 Å². The Balaban J connectivity index is 1.48. The minimum atomic E-state index is -4.65. The number of ketones is 1. The Morgan fingerprint density at radius 3 is 2.49 bits per heavy atom. The molecule has 0 aliphatic carbocycles. The topological polar surface area (TPSA) is 97.5 Å². The molecule has 1 saturated heterocycles. The Morgan fingerprint density at radius 1 is 1.16 bits per heavy atom. The lowest BCUT2D eigenvalue weighted by atomic mass is 9.83. The number of carbonyl (C=O) groups excluding carboxylic acids is 2. The van der Waals surface area contributed by atoms with E-state index in [4.69, 9.17) is 4.74 Å². The number of rotatable bonds is 7. The van der Waals surface area contributed by atoms with Gasteiger partial charge in [0.25, 0.3) is 0 Å². The first-order valence-electron chi connectivity index (χ1n) is 12.0. The number of likely N-dealkylation sites (tertiary alicyclic amines) is 1. The van der Waals surface area contributed by atoms with E-state index in [2.05, 4.69) is 10.1 Å². The van der Waals surface area contributed by atoms with E-state index in [1.165, 1.54) is 17.9 Å². The minimum Gasteiger partial charge on any atom is -0.496 e. The minimum absolute atomic E-state index is 0.0343. The fourth-order valence-corrected chi connectivity index (χ4v) is 4.65. The van der Waals surface area contributed by atoms with Gasteiger partial charge in [0.1, 0.15) is 23.7 Å². The molecule has 4 rings (SSSR count). The van der Waals surface area contributed by atoms with Crippen molar-refractivity contribution in [2.75, 3.05) is 20.2 Å². The molecule has 1 fully saturated rings. The van der Waals surface area contributed by atoms with Gasteiger partial charge in [-0.15, -0.1) is 0 Å². The molecule has 1 aromatic carbocycles. The number of piperidine rings is 1. The van der Waals surface area contributed by atoms with E-state index in [0.717, 1.165) is 25.0 Å². The smallest absolute Gasteiger partial charge is 0.433 e. The predicted molar refractivity (Wildman–Crippen MR) is 129 cm³/mol. The summed E-state index contributed by atoms with van der Waals surface area (Å²) >= 11 is 0. The van der Waals surface area contributed by atoms with Gasteiger partial charge in [-0.1, -0.05) is 6.07 Å². The molecule has 1 aliphatic heterocycles. The van der Waals surface area contributed by atoms with E-state index in [9.17, 15) is 27.9 Å². The van der Waals surface area contributed by atoms with Gasteiger partial charge in [0.2, 0.25) is 5.91 Å². The van der Waals surface area contributed by atoms with Crippen LogP contribution in [-0.2, 0) is 23.9 Å². The maximum absolute atomic E-state index is 13.0. The summed E-state index contributed by atoms with van der Waals surface area (Å²) in [6.07, 6.45) is -1.72. The molecule has 1 N–H and O–H groups in total. The number of halogens is 3. The summed E-state index contributed by atoms with van der Waals surface area (Å²) in [6, 6.07) is 6.53. The van der Waals surface area contributed by atoms with Gasteiger partial charge in [0, 0.05) is 42.7 Å². The second-order valence-corrected chi connectivity index (χ2v) is 9.86. The van der Waals surface area contributed by atoms with Crippen molar-refractivity contribution in [1.29, 1.82) is 0 Å². The van der Waals surface area contributed by atoms with Gasteiger partial charge >= 0.3 is 6.18 Å². The molecule has 0 unspecified atom stereocenters. The van der Waals surface area contributed by atoms with Crippen molar-refractivity contribution >= 4 is 22.6 Å². The van der Waals surface area contributed by atoms with Crippen LogP contribution in [-0.4, -0.2) is 62.3 Å². The van der Waals surface area contributed by atoms with Gasteiger partial charge < -0.3 is 14.7 Å². The Morgan fingerprint density at radius 2 is 1.86 bits per heavy atom. The normalized spacial score (nSPS) is 15.3. The largest absolute Gasteiger partial charge is 0.496 e. The van der Waals surface area contributed by atoms with Crippen LogP contribution in [0.5, 0.6) is 5.75 Å². The average molecular weight is 519 g/mol. The number of methoxy groups -OCH3 is 1. The monoisotopic (exact) mass is 518 g/mol. The van der Waals surface area contributed by atoms with Gasteiger partial charge in [0.05, 0.1) is 18.2 Å². The maximum atomic E-state index is 13.0. The Labute approximate surface area is 212 Å². The first-order valence-corrected chi connectivity index (χ1v) is 12.0. The Hall–Kier alpha value is -3.47. The molecule has 1 aliphatic rings. The van der Waals surface area contributed by atoms with E-state index >= 15 is 0 Å². The Kier molecular flexibility index (Phi) is 7.27. The zero-order valence-electron chi connectivity index (χ0n) is 20.9. The molecule has 8 nitrogen and oxygen atoms in total. The van der Waals surface area contributed by atoms with Crippen LogP contribution in [0.1, 0.15) is 48.4 Å². The van der Waals surface area contributed by atoms with Crippen molar-refractivity contribution in [3.63, 3.8) is 0 Å². The molecular formula is C26H29F3N4O4. The molecule has 0 spiro atoms. The molecule has 11 heteroatoms. The van der Waals surface area contributed by atoms with Crippen LogP contribution in [0.25, 0.3) is 10.9 Å². The quantitative estimate of drug-likeness (QED) is 0.477. The summed E-state index contributed by atoms with van der Waals surface area (Å²) < 4.78 is 45.9. The highest BCUT2D eigenvalue weighted by molar-refractivity contribution is 5.97. The average Bonchev–Trinajstić information content (AvgIpc) is 3.23. The van der Waals surface area contributed by atoms with E-state index in [1.807, 2.05) is 0 Å². The summed E-state index contributed by atoms with van der Waals surface area (Å²) in [7, 11) is 1.43. The zero-order valence-corrected chi connectivity index (χ0v) is 20.9. The summed E-state index contributed by atoms with van der Waals surface area (Å²) in [5.74, 6) is -0.164. The van der Waals surface area contributed by atoms with Crippen LogP contribution >= 0.6 is 0 Å². The third-order valence-corrected chi connectivity index (χ3v) is 6.77. The number of fused-ring (bicyclic) bond motifs is 1. The molecular weight excluding hydrogens is 489 g/mol. The molecule has 1 amide bonds. The highest BCUT2D eigenvalue weighted by Crippen LogP contribution is 2.30. The van der Waals surface area contributed by atoms with Gasteiger partial charge in [0.15, 0.2) is 5.78 Å². The molecule has 198 valence electrons. The number of aromatic nitrogens is 3. The first-order chi connectivity index (χ1) is 17.3. The van der Waals surface area contributed by atoms with E-state index in [-0.39, 0.29) is 30.5 Å². The number of amides is 1. The summed E-state index contributed by atoms with van der Waals surface area (Å²) in [5, 5.41) is 15.3. The number of alkyl halides is 3. The molecule has 0 saturated carbocycles. The van der Waals surface area contributed by atoms with Crippen molar-refractivity contribution in [2.45, 2.75) is 51.4 Å². The molecule has 0 atom stereocenters. The van der Waals surface area contributed by atoms with Crippen molar-refractivity contribution < 1.29 is 32.6 Å². The number of hydrogen-bond donors (Lipinski definition) is 1. The standard InChI is InChI=1S/C26H29F3N4O4/c1-25(2,36)18-7-9-32(10-8-18)24(35)15-33-14-17-11-16(22(37-3)13-20(17)31-33)12-21(34)19-5-4-6-23(30-19)26(27,28)29/h4-6,11,13-14,18,36H,7-10,12,15H2,1-3H3. The Bertz CT molecular complexity index is 1310. The van der Waals surface area contributed by atoms with Gasteiger partial charge in [-0.3, -0.25) is 14.3 Å². The third kappa shape index (κ3) is 6.10. The van der Waals surface area contributed by atoms with Crippen molar-refractivity contribution in [3.8, 4) is 5.75 Å². The number of ether oxygens (including phenoxy) is 1. The number of benzene rings is 1. The number of hydrogen-bond acceptors (Lipinski definition) is 6. The molecule has 0 bridgehead atoms. The number of aliphatic hydroxyl groups is 1. The lowest BCUT2D eigenvalue weighted by Crippen LogP contribution is -2.45. The summed E-state index contributed by atoms with van der Waals surface area (Å²) in [5.41, 5.74) is -1.16. The first kappa shape index (κ1) is 26.6. The molecule has 3 heterocycles. The lowest BCUT2D eigenvalue weighted by Gasteiger charge is -2.37. The molecule has 2 aromatic heterocycles. The molecule has 0 radical (unpaired) electrons. The second-order valence-electron chi connectivity index (χ2n) is 9.86. The van der Waals surface area contributed by atoms with Crippen molar-refractivity contribution in [2.24, 2.45) is 5.92 Å². The van der Waals surface area contributed by atoms with Gasteiger partial charge in [-0.25, -0.2) is 4.98 Å². The number of carbonyl (C=O) groups is 2. The van der Waals surface area contributed by atoms with E-state index in [1.54, 1.807) is 37.1 Å². The SMILES string of the molecule is COc1cc2nn(CC(=O)N3CCC(C(C)(C)O)CC3)cc2cc1CC(=O)c1cccc(C(F)(F)F)n1. The number of nitrogens with zero attached hydrogens (tertiary/aromatic N) is 4. The van der Waals surface area contributed by atoms with Crippen LogP contribution < -0.4 is 4.74 Å². The lowest BCUT2D eigenvalue weighted by molar-refractivity contribution is -0.141. The van der Waals surface area contributed by atoms with E-state index in [0.29, 0.717) is 35.3 Å². The fourth-order valence-electron chi connectivity index (χ4n) is 4.65. The van der Waals surface area contributed by atoms with E-state index < -0.39 is 23.3 Å². The predicted octanol–water partition coefficient (Wildman–Crippen LogP) is 3.89. The fraction of sp³-hybridized carbons (Fsp3) is 0.462. The summed E-state index contributed by atoms with van der Waals surface area (Å²) in [4.78, 5) is 30.8. The van der Waals surface area contributed by atoms with Crippen molar-refractivity contribution in [3.05, 3.63) is 53.5 Å². The maximum Gasteiger partial charge on any atom is 0.433 e. The number of Topliss-reactive ketones (excluding diaryl/α,β-unsaturated/α-hetero) is 1. The summed E-state index contributed by atoms with van der Waals surface area (Å²) in [6.45, 7) is 4.75. The third-order valence-electron chi connectivity index (χ3n) is 6.77. The zero-order chi connectivity index (χ0) is 27.0. The molecule has 3 aromatic rings. The van der Waals surface area contributed by atoms with Crippen molar-refractivity contribution in [1.82, 2.24) is 19.7 Å². The van der Waals surface area contributed by atoms with Crippen LogP contribution in [0.2, 0.25) is 0 Å². The highest BCUT2D eigenvalue weighted by atomic mass is 19.4. The van der Waals surface area contributed by atoms with Gasteiger partial charge in [-0.2, -0.15) is 18.3 Å². The van der Waals surface area contributed by atoms with Crippen LogP contribution in [0.3, 0.4) is 0 Å². The highest BCUT2D eigenvalue weighted by Gasteiger charge is 2.33. The van der Waals surface area contributed by atoms with Crippen LogP contribution in [0.15, 0.2) is 36.5 Å². The second kappa shape index (κ2) is 10.1. The van der Waals surface area contributed by atoms with Crippen LogP contribution in [0, 0.1) is 5.92 Å². The number of pyridine rings is 1.